The van der Waals surface area contributed by atoms with Gasteiger partial charge in [0.05, 0.1) is 5.67 Å². The van der Waals surface area contributed by atoms with E-state index in [9.17, 15) is 0 Å². The molecule has 1 heterocycles. The Morgan fingerprint density at radius 3 is 1.76 bits per heavy atom. The van der Waals surface area contributed by atoms with Gasteiger partial charge in [0, 0.05) is 27.9 Å². The molecule has 0 bridgehead atoms. The molecule has 0 spiro atoms. The molecule has 1 atom stereocenters. The van der Waals surface area contributed by atoms with Crippen molar-refractivity contribution in [3.8, 4) is 0 Å². The minimum absolute atomic E-state index is 0.313. The molecule has 1 saturated heterocycles. The van der Waals surface area contributed by atoms with Gasteiger partial charge in [-0.1, -0.05) is 57.8 Å². The standard InChI is InChI=1S/C20H41NO3Si/c1-22-25(23-2,24-3)20-16-12-7-5-4-6-8-13-17-21(20)18-19-14-10-9-11-15-19/h19-20H,4-18H2,1-3H3. The summed E-state index contributed by atoms with van der Waals surface area (Å²) in [5.74, 6) is 0.846. The summed E-state index contributed by atoms with van der Waals surface area (Å²) in [6.45, 7) is 2.38. The van der Waals surface area contributed by atoms with Crippen molar-refractivity contribution in [2.24, 2.45) is 5.92 Å². The molecule has 0 aromatic rings. The zero-order chi connectivity index (χ0) is 18.0. The molecule has 1 aliphatic heterocycles. The predicted molar refractivity (Wildman–Crippen MR) is 106 cm³/mol. The molecular weight excluding hydrogens is 330 g/mol. The molecule has 0 aromatic heterocycles. The molecule has 4 nitrogen and oxygen atoms in total. The van der Waals surface area contributed by atoms with E-state index >= 15 is 0 Å². The van der Waals surface area contributed by atoms with Gasteiger partial charge in [-0.15, -0.1) is 0 Å². The highest BCUT2D eigenvalue weighted by Gasteiger charge is 2.50. The molecule has 1 saturated carbocycles. The highest BCUT2D eigenvalue weighted by Crippen LogP contribution is 2.30. The monoisotopic (exact) mass is 371 g/mol. The maximum absolute atomic E-state index is 5.95. The lowest BCUT2D eigenvalue weighted by molar-refractivity contribution is 0.0607. The molecular formula is C20H41NO3Si. The summed E-state index contributed by atoms with van der Waals surface area (Å²) in [4.78, 5) is 2.71. The van der Waals surface area contributed by atoms with Gasteiger partial charge in [0.2, 0.25) is 0 Å². The normalized spacial score (nSPS) is 26.3. The molecule has 1 aliphatic carbocycles. The van der Waals surface area contributed by atoms with Crippen LogP contribution in [0.2, 0.25) is 0 Å². The van der Waals surface area contributed by atoms with E-state index in [4.69, 9.17) is 13.3 Å². The van der Waals surface area contributed by atoms with Crippen molar-refractivity contribution in [2.45, 2.75) is 89.1 Å². The molecule has 2 aliphatic rings. The van der Waals surface area contributed by atoms with Crippen LogP contribution in [-0.2, 0) is 13.3 Å². The molecule has 1 unspecified atom stereocenters. The minimum atomic E-state index is -2.65. The molecule has 0 N–H and O–H groups in total. The van der Waals surface area contributed by atoms with Gasteiger partial charge in [0.25, 0.3) is 0 Å². The predicted octanol–water partition coefficient (Wildman–Crippen LogP) is 4.79. The topological polar surface area (TPSA) is 30.9 Å². The third-order valence-corrected chi connectivity index (χ3v) is 9.52. The number of nitrogens with zero attached hydrogens (tertiary/aromatic N) is 1. The van der Waals surface area contributed by atoms with E-state index in [1.165, 1.54) is 90.1 Å². The van der Waals surface area contributed by atoms with Crippen LogP contribution in [0, 0.1) is 5.92 Å². The summed E-state index contributed by atoms with van der Waals surface area (Å²) in [5, 5.41) is 0. The molecule has 5 heteroatoms. The van der Waals surface area contributed by atoms with E-state index in [1.54, 1.807) is 21.3 Å². The fourth-order valence-electron chi connectivity index (χ4n) is 4.85. The Bertz CT molecular complexity index is 338. The van der Waals surface area contributed by atoms with Crippen molar-refractivity contribution in [3.05, 3.63) is 0 Å². The lowest BCUT2D eigenvalue weighted by Gasteiger charge is -2.41. The van der Waals surface area contributed by atoms with Crippen molar-refractivity contribution in [2.75, 3.05) is 34.4 Å². The molecule has 148 valence electrons. The van der Waals surface area contributed by atoms with Crippen LogP contribution >= 0.6 is 0 Å². The van der Waals surface area contributed by atoms with Crippen LogP contribution in [0.4, 0.5) is 0 Å². The van der Waals surface area contributed by atoms with Crippen LogP contribution in [0.3, 0.4) is 0 Å². The molecule has 0 radical (unpaired) electrons. The third-order valence-electron chi connectivity index (χ3n) is 6.34. The van der Waals surface area contributed by atoms with E-state index < -0.39 is 8.80 Å². The second-order valence-electron chi connectivity index (χ2n) is 7.99. The number of hydrogen-bond donors (Lipinski definition) is 0. The Hall–Kier alpha value is 0.0569. The second-order valence-corrected chi connectivity index (χ2v) is 11.1. The summed E-state index contributed by atoms with van der Waals surface area (Å²) in [6, 6.07) is 0. The van der Waals surface area contributed by atoms with Gasteiger partial charge in [-0.3, -0.25) is 4.90 Å². The molecule has 25 heavy (non-hydrogen) atoms. The largest absolute Gasteiger partial charge is 0.518 e. The van der Waals surface area contributed by atoms with Crippen LogP contribution in [0.25, 0.3) is 0 Å². The first-order valence-electron chi connectivity index (χ1n) is 10.6. The summed E-state index contributed by atoms with van der Waals surface area (Å²) < 4.78 is 17.8. The summed E-state index contributed by atoms with van der Waals surface area (Å²) in [5.41, 5.74) is 0.313. The quantitative estimate of drug-likeness (QED) is 0.628. The first-order chi connectivity index (χ1) is 12.3. The van der Waals surface area contributed by atoms with Crippen LogP contribution < -0.4 is 0 Å². The average molecular weight is 372 g/mol. The van der Waals surface area contributed by atoms with Crippen molar-refractivity contribution >= 4 is 8.80 Å². The van der Waals surface area contributed by atoms with Crippen molar-refractivity contribution in [1.82, 2.24) is 4.90 Å². The Morgan fingerprint density at radius 1 is 0.680 bits per heavy atom. The summed E-state index contributed by atoms with van der Waals surface area (Å²) >= 11 is 0. The van der Waals surface area contributed by atoms with Gasteiger partial charge in [-0.05, 0) is 38.1 Å². The van der Waals surface area contributed by atoms with Crippen LogP contribution in [-0.4, -0.2) is 53.8 Å². The summed E-state index contributed by atoms with van der Waals surface area (Å²) in [6.07, 6.45) is 17.6. The Balaban J connectivity index is 2.15. The Kier molecular flexibility index (Phi) is 10.00. The molecule has 0 aromatic carbocycles. The maximum atomic E-state index is 5.95. The molecule has 0 amide bonds. The van der Waals surface area contributed by atoms with Gasteiger partial charge >= 0.3 is 8.80 Å². The lowest BCUT2D eigenvalue weighted by atomic mass is 9.89. The van der Waals surface area contributed by atoms with Gasteiger partial charge in [-0.25, -0.2) is 0 Å². The first kappa shape index (κ1) is 21.4. The fourth-order valence-corrected chi connectivity index (χ4v) is 7.41. The zero-order valence-corrected chi connectivity index (χ0v) is 17.9. The van der Waals surface area contributed by atoms with Crippen molar-refractivity contribution < 1.29 is 13.3 Å². The Morgan fingerprint density at radius 2 is 1.16 bits per heavy atom. The lowest BCUT2D eigenvalue weighted by Crippen LogP contribution is -2.62. The third kappa shape index (κ3) is 6.31. The zero-order valence-electron chi connectivity index (χ0n) is 16.9. The van der Waals surface area contributed by atoms with E-state index in [0.717, 1.165) is 12.3 Å². The SMILES string of the molecule is CO[Si](OC)(OC)C1CCCCCCCCCN1CC1CCCCC1. The number of rotatable bonds is 6. The highest BCUT2D eigenvalue weighted by molar-refractivity contribution is 6.62. The van der Waals surface area contributed by atoms with E-state index in [-0.39, 0.29) is 0 Å². The second kappa shape index (κ2) is 11.7. The average Bonchev–Trinajstić information content (AvgIpc) is 2.71. The first-order valence-corrected chi connectivity index (χ1v) is 12.5. The molecule has 2 rings (SSSR count). The van der Waals surface area contributed by atoms with E-state index in [2.05, 4.69) is 4.90 Å². The highest BCUT2D eigenvalue weighted by atomic mass is 28.4. The van der Waals surface area contributed by atoms with Crippen molar-refractivity contribution in [1.29, 1.82) is 0 Å². The van der Waals surface area contributed by atoms with Gasteiger partial charge in [-0.2, -0.15) is 0 Å². The Labute approximate surface area is 157 Å². The molecule has 2 fully saturated rings. The smallest absolute Gasteiger partial charge is 0.376 e. The van der Waals surface area contributed by atoms with Crippen LogP contribution in [0.1, 0.15) is 83.5 Å². The van der Waals surface area contributed by atoms with Gasteiger partial charge in [0.1, 0.15) is 0 Å². The van der Waals surface area contributed by atoms with Crippen LogP contribution in [0.5, 0.6) is 0 Å². The summed E-state index contributed by atoms with van der Waals surface area (Å²) in [7, 11) is 2.69. The van der Waals surface area contributed by atoms with Crippen LogP contribution in [0.15, 0.2) is 0 Å². The van der Waals surface area contributed by atoms with Crippen molar-refractivity contribution in [3.63, 3.8) is 0 Å². The minimum Gasteiger partial charge on any atom is -0.376 e. The van der Waals surface area contributed by atoms with E-state index in [1.807, 2.05) is 0 Å². The van der Waals surface area contributed by atoms with Gasteiger partial charge < -0.3 is 13.3 Å². The van der Waals surface area contributed by atoms with Gasteiger partial charge in [0.15, 0.2) is 0 Å². The number of hydrogen-bond acceptors (Lipinski definition) is 4. The fraction of sp³-hybridized carbons (Fsp3) is 1.00. The maximum Gasteiger partial charge on any atom is 0.518 e. The van der Waals surface area contributed by atoms with E-state index in [0.29, 0.717) is 5.67 Å².